The number of carbonyl (C=O) groups is 2. The number of carbonyl (C=O) groups excluding carboxylic acids is 2. The van der Waals surface area contributed by atoms with Crippen LogP contribution in [0.5, 0.6) is 5.88 Å². The molecule has 1 saturated heterocycles. The first-order valence-electron chi connectivity index (χ1n) is 9.63. The van der Waals surface area contributed by atoms with Crippen LogP contribution in [0, 0.1) is 0 Å². The Balaban J connectivity index is 1.69. The summed E-state index contributed by atoms with van der Waals surface area (Å²) >= 11 is 0. The van der Waals surface area contributed by atoms with Crippen molar-refractivity contribution in [2.45, 2.75) is 18.9 Å². The van der Waals surface area contributed by atoms with Crippen molar-refractivity contribution >= 4 is 17.6 Å². The van der Waals surface area contributed by atoms with Crippen LogP contribution in [0.4, 0.5) is 5.82 Å². The minimum Gasteiger partial charge on any atom is -0.474 e. The SMILES string of the molecule is CN(C)C(=O)c1cccnc1OC1CCN(c2ncccc2C(=O)N(C)C)CC1. The number of ether oxygens (including phenoxy) is 1. The van der Waals surface area contributed by atoms with Gasteiger partial charge in [0.25, 0.3) is 11.8 Å². The van der Waals surface area contributed by atoms with Crippen LogP contribution in [0.2, 0.25) is 0 Å². The predicted molar refractivity (Wildman–Crippen MR) is 110 cm³/mol. The maximum Gasteiger partial charge on any atom is 0.258 e. The van der Waals surface area contributed by atoms with E-state index in [4.69, 9.17) is 4.74 Å². The van der Waals surface area contributed by atoms with Crippen LogP contribution in [-0.2, 0) is 0 Å². The molecule has 154 valence electrons. The Morgan fingerprint density at radius 2 is 1.48 bits per heavy atom. The topological polar surface area (TPSA) is 78.9 Å². The number of rotatable bonds is 5. The van der Waals surface area contributed by atoms with E-state index in [1.165, 1.54) is 4.90 Å². The molecule has 0 N–H and O–H groups in total. The third-order valence-electron chi connectivity index (χ3n) is 4.85. The second-order valence-electron chi connectivity index (χ2n) is 7.43. The maximum atomic E-state index is 12.5. The van der Waals surface area contributed by atoms with Crippen molar-refractivity contribution < 1.29 is 14.3 Å². The highest BCUT2D eigenvalue weighted by atomic mass is 16.5. The summed E-state index contributed by atoms with van der Waals surface area (Å²) in [6.45, 7) is 1.42. The standard InChI is InChI=1S/C21H27N5O3/c1-24(2)20(27)16-7-5-11-22-18(16)26-13-9-15(10-14-26)29-19-17(8-6-12-23-19)21(28)25(3)4/h5-8,11-12,15H,9-10,13-14H2,1-4H3. The van der Waals surface area contributed by atoms with E-state index in [0.29, 0.717) is 35.9 Å². The van der Waals surface area contributed by atoms with E-state index in [1.54, 1.807) is 69.7 Å². The van der Waals surface area contributed by atoms with E-state index in [9.17, 15) is 9.59 Å². The molecule has 0 atom stereocenters. The third-order valence-corrected chi connectivity index (χ3v) is 4.85. The minimum atomic E-state index is -0.133. The third kappa shape index (κ3) is 4.64. The van der Waals surface area contributed by atoms with Gasteiger partial charge in [-0.15, -0.1) is 0 Å². The summed E-state index contributed by atoms with van der Waals surface area (Å²) in [6.07, 6.45) is 4.78. The van der Waals surface area contributed by atoms with E-state index in [-0.39, 0.29) is 17.9 Å². The van der Waals surface area contributed by atoms with Gasteiger partial charge in [-0.3, -0.25) is 9.59 Å². The Labute approximate surface area is 171 Å². The minimum absolute atomic E-state index is 0.0495. The van der Waals surface area contributed by atoms with Crippen molar-refractivity contribution in [1.82, 2.24) is 19.8 Å². The van der Waals surface area contributed by atoms with Gasteiger partial charge < -0.3 is 19.4 Å². The highest BCUT2D eigenvalue weighted by Gasteiger charge is 2.27. The molecule has 0 bridgehead atoms. The van der Waals surface area contributed by atoms with Crippen molar-refractivity contribution in [3.8, 4) is 5.88 Å². The summed E-state index contributed by atoms with van der Waals surface area (Å²) < 4.78 is 6.08. The Morgan fingerprint density at radius 1 is 0.931 bits per heavy atom. The quantitative estimate of drug-likeness (QED) is 0.767. The first-order valence-corrected chi connectivity index (χ1v) is 9.63. The molecule has 8 heteroatoms. The molecule has 0 spiro atoms. The highest BCUT2D eigenvalue weighted by Crippen LogP contribution is 2.26. The number of amides is 2. The second kappa shape index (κ2) is 8.89. The van der Waals surface area contributed by atoms with Gasteiger partial charge in [-0.05, 0) is 24.3 Å². The number of piperidine rings is 1. The lowest BCUT2D eigenvalue weighted by Gasteiger charge is -2.34. The number of anilines is 1. The Morgan fingerprint density at radius 3 is 2.10 bits per heavy atom. The van der Waals surface area contributed by atoms with Gasteiger partial charge in [0, 0.05) is 66.5 Å². The molecule has 1 aliphatic rings. The van der Waals surface area contributed by atoms with E-state index < -0.39 is 0 Å². The van der Waals surface area contributed by atoms with Gasteiger partial charge >= 0.3 is 0 Å². The largest absolute Gasteiger partial charge is 0.474 e. The monoisotopic (exact) mass is 397 g/mol. The van der Waals surface area contributed by atoms with Crippen LogP contribution < -0.4 is 9.64 Å². The molecule has 0 aliphatic carbocycles. The summed E-state index contributed by atoms with van der Waals surface area (Å²) in [5, 5.41) is 0. The lowest BCUT2D eigenvalue weighted by atomic mass is 10.1. The average molecular weight is 397 g/mol. The molecule has 0 radical (unpaired) electrons. The van der Waals surface area contributed by atoms with E-state index in [0.717, 1.165) is 12.8 Å². The fraction of sp³-hybridized carbons (Fsp3) is 0.429. The molecule has 2 aromatic rings. The zero-order valence-corrected chi connectivity index (χ0v) is 17.3. The molecule has 3 heterocycles. The molecular formula is C21H27N5O3. The Bertz CT molecular complexity index is 876. The summed E-state index contributed by atoms with van der Waals surface area (Å²) in [7, 11) is 6.88. The van der Waals surface area contributed by atoms with E-state index in [2.05, 4.69) is 14.9 Å². The van der Waals surface area contributed by atoms with Crippen molar-refractivity contribution in [3.63, 3.8) is 0 Å². The highest BCUT2D eigenvalue weighted by molar-refractivity contribution is 5.98. The molecule has 8 nitrogen and oxygen atoms in total. The summed E-state index contributed by atoms with van der Waals surface area (Å²) in [6, 6.07) is 7.05. The van der Waals surface area contributed by atoms with Crippen LogP contribution in [0.3, 0.4) is 0 Å². The zero-order valence-electron chi connectivity index (χ0n) is 17.3. The average Bonchev–Trinajstić information content (AvgIpc) is 2.73. The van der Waals surface area contributed by atoms with Crippen molar-refractivity contribution in [1.29, 1.82) is 0 Å². The molecule has 29 heavy (non-hydrogen) atoms. The summed E-state index contributed by atoms with van der Waals surface area (Å²) in [5.41, 5.74) is 1.06. The van der Waals surface area contributed by atoms with Gasteiger partial charge in [-0.1, -0.05) is 0 Å². The maximum absolute atomic E-state index is 12.5. The van der Waals surface area contributed by atoms with Crippen LogP contribution in [0.15, 0.2) is 36.7 Å². The Hall–Kier alpha value is -3.16. The fourth-order valence-electron chi connectivity index (χ4n) is 3.29. The number of aromatic nitrogens is 2. The van der Waals surface area contributed by atoms with Crippen molar-refractivity contribution in [2.75, 3.05) is 46.2 Å². The first kappa shape index (κ1) is 20.6. The van der Waals surface area contributed by atoms with Gasteiger partial charge in [0.2, 0.25) is 5.88 Å². The molecule has 0 unspecified atom stereocenters. The van der Waals surface area contributed by atoms with E-state index >= 15 is 0 Å². The van der Waals surface area contributed by atoms with Gasteiger partial charge in [-0.25, -0.2) is 9.97 Å². The summed E-state index contributed by atoms with van der Waals surface area (Å²) in [4.78, 5) is 38.7. The van der Waals surface area contributed by atoms with Crippen molar-refractivity contribution in [3.05, 3.63) is 47.8 Å². The number of hydrogen-bond acceptors (Lipinski definition) is 6. The number of nitrogens with zero attached hydrogens (tertiary/aromatic N) is 5. The lowest BCUT2D eigenvalue weighted by molar-refractivity contribution is 0.0813. The smallest absolute Gasteiger partial charge is 0.258 e. The van der Waals surface area contributed by atoms with Gasteiger partial charge in [0.05, 0.1) is 5.56 Å². The second-order valence-corrected chi connectivity index (χ2v) is 7.43. The Kier molecular flexibility index (Phi) is 6.31. The number of pyridine rings is 2. The first-order chi connectivity index (χ1) is 13.9. The molecule has 3 rings (SSSR count). The van der Waals surface area contributed by atoms with Crippen molar-refractivity contribution in [2.24, 2.45) is 0 Å². The van der Waals surface area contributed by atoms with Crippen LogP contribution in [0.1, 0.15) is 33.6 Å². The van der Waals surface area contributed by atoms with Crippen LogP contribution in [0.25, 0.3) is 0 Å². The summed E-state index contributed by atoms with van der Waals surface area (Å²) in [5.74, 6) is 0.870. The molecule has 2 aromatic heterocycles. The molecule has 1 aliphatic heterocycles. The predicted octanol–water partition coefficient (Wildman–Crippen LogP) is 1.93. The fourth-order valence-corrected chi connectivity index (χ4v) is 3.29. The normalized spacial score (nSPS) is 14.4. The van der Waals surface area contributed by atoms with Crippen LogP contribution in [-0.4, -0.2) is 79.0 Å². The molecule has 0 aromatic carbocycles. The lowest BCUT2D eigenvalue weighted by Crippen LogP contribution is -2.40. The zero-order chi connectivity index (χ0) is 21.0. The van der Waals surface area contributed by atoms with Gasteiger partial charge in [-0.2, -0.15) is 0 Å². The molecular weight excluding hydrogens is 370 g/mol. The van der Waals surface area contributed by atoms with Gasteiger partial charge in [0.1, 0.15) is 17.5 Å². The van der Waals surface area contributed by atoms with Crippen LogP contribution >= 0.6 is 0 Å². The molecule has 1 fully saturated rings. The molecule has 2 amide bonds. The number of hydrogen-bond donors (Lipinski definition) is 0. The van der Waals surface area contributed by atoms with Gasteiger partial charge in [0.15, 0.2) is 0 Å². The van der Waals surface area contributed by atoms with E-state index in [1.807, 2.05) is 0 Å². The molecule has 0 saturated carbocycles.